The Morgan fingerprint density at radius 2 is 1.66 bits per heavy atom. The number of aromatic nitrogens is 1. The van der Waals surface area contributed by atoms with E-state index >= 15 is 0 Å². The molecule has 0 aliphatic carbocycles. The minimum atomic E-state index is -2.30. The van der Waals surface area contributed by atoms with Crippen LogP contribution in [-0.4, -0.2) is 78.4 Å². The number of nitrogens with zero attached hydrogens (tertiary/aromatic N) is 4. The van der Waals surface area contributed by atoms with Crippen LogP contribution in [0, 0.1) is 18.8 Å². The number of amides is 1. The summed E-state index contributed by atoms with van der Waals surface area (Å²) in [6.45, 7) is 9.58. The number of nitrogens with one attached hydrogen (secondary N) is 1. The molecule has 2 heterocycles. The van der Waals surface area contributed by atoms with E-state index < -0.39 is 23.3 Å². The number of carbonyl (C=O) groups is 2. The third-order valence-corrected chi connectivity index (χ3v) is 7.64. The van der Waals surface area contributed by atoms with Crippen LogP contribution in [0.1, 0.15) is 54.4 Å². The zero-order chi connectivity index (χ0) is 29.7. The molecule has 1 saturated heterocycles. The second-order valence-electron chi connectivity index (χ2n) is 10.4. The molecule has 1 aliphatic heterocycles. The van der Waals surface area contributed by atoms with Crippen LogP contribution in [0.15, 0.2) is 48.5 Å². The molecule has 1 fully saturated rings. The Labute approximate surface area is 242 Å². The lowest BCUT2D eigenvalue weighted by atomic mass is 10.0. The summed E-state index contributed by atoms with van der Waals surface area (Å²) in [7, 11) is 0. The lowest BCUT2D eigenvalue weighted by Crippen LogP contribution is -2.57. The number of piperazine rings is 1. The highest BCUT2D eigenvalue weighted by Crippen LogP contribution is 2.22. The van der Waals surface area contributed by atoms with Crippen molar-refractivity contribution in [3.05, 3.63) is 70.9 Å². The number of anilines is 1. The molecule has 11 heteroatoms. The number of aryl methyl sites for hydroxylation is 1. The summed E-state index contributed by atoms with van der Waals surface area (Å²) in [4.78, 5) is 30.6. The summed E-state index contributed by atoms with van der Waals surface area (Å²) < 4.78 is 22.9. The standard InChI is InChI=1S/C30H35N5O5S/c1-20(2)31-30(38)27-17-21(3)32-28-12-9-24(19-26(27)28)6-5-23-7-10-25(11-8-23)33-13-15-34(16-14-33)35(41(39)40)22(4)18-29(36)37/h7-12,17,19-20,22H,13-16,18H2,1-4H3,(H,31,38)(H,36,37)(H,39,40). The lowest BCUT2D eigenvalue weighted by molar-refractivity contribution is -0.139. The van der Waals surface area contributed by atoms with Crippen molar-refractivity contribution in [2.75, 3.05) is 31.1 Å². The normalized spacial score (nSPS) is 15.4. The molecule has 2 aromatic carbocycles. The second-order valence-corrected chi connectivity index (χ2v) is 11.2. The number of hydrogen-bond acceptors (Lipinski definition) is 6. The summed E-state index contributed by atoms with van der Waals surface area (Å²) in [5.41, 5.74) is 4.75. The van der Waals surface area contributed by atoms with Crippen LogP contribution in [-0.2, 0) is 16.1 Å². The molecule has 1 amide bonds. The van der Waals surface area contributed by atoms with Gasteiger partial charge in [0.25, 0.3) is 5.91 Å². The Kier molecular flexibility index (Phi) is 9.73. The van der Waals surface area contributed by atoms with Crippen LogP contribution in [0.4, 0.5) is 5.69 Å². The Morgan fingerprint density at radius 3 is 2.27 bits per heavy atom. The second kappa shape index (κ2) is 13.2. The molecule has 0 saturated carbocycles. The molecule has 3 aromatic rings. The number of fused-ring (bicyclic) bond motifs is 1. The number of rotatable bonds is 8. The SMILES string of the molecule is Cc1cc(C(=O)NC(C)C)c2cc(C#Cc3ccc(N4CCN(N(C(C)CC(=O)O)S(=O)O)CC4)cc3)ccc2n1. The van der Waals surface area contributed by atoms with Gasteiger partial charge in [0.1, 0.15) is 0 Å². The van der Waals surface area contributed by atoms with E-state index in [-0.39, 0.29) is 18.4 Å². The fraction of sp³-hybridized carbons (Fsp3) is 0.367. The van der Waals surface area contributed by atoms with Crippen molar-refractivity contribution < 1.29 is 23.5 Å². The predicted octanol–water partition coefficient (Wildman–Crippen LogP) is 3.42. The zero-order valence-electron chi connectivity index (χ0n) is 23.6. The summed E-state index contributed by atoms with van der Waals surface area (Å²) in [6.07, 6.45) is -0.223. The molecule has 216 valence electrons. The first kappa shape index (κ1) is 30.1. The fourth-order valence-electron chi connectivity index (χ4n) is 4.88. The van der Waals surface area contributed by atoms with Gasteiger partial charge in [-0.15, -0.1) is 4.41 Å². The quantitative estimate of drug-likeness (QED) is 0.275. The molecule has 0 spiro atoms. The van der Waals surface area contributed by atoms with Gasteiger partial charge in [-0.25, -0.2) is 9.22 Å². The molecular weight excluding hydrogens is 542 g/mol. The summed E-state index contributed by atoms with van der Waals surface area (Å²) in [5.74, 6) is 5.25. The van der Waals surface area contributed by atoms with Crippen LogP contribution in [0.25, 0.3) is 10.9 Å². The molecule has 3 N–H and O–H groups in total. The zero-order valence-corrected chi connectivity index (χ0v) is 24.4. The van der Waals surface area contributed by atoms with Gasteiger partial charge in [-0.2, -0.15) is 0 Å². The van der Waals surface area contributed by atoms with Gasteiger partial charge in [-0.3, -0.25) is 19.1 Å². The van der Waals surface area contributed by atoms with Gasteiger partial charge in [0.05, 0.1) is 17.5 Å². The molecule has 10 nitrogen and oxygen atoms in total. The smallest absolute Gasteiger partial charge is 0.305 e. The Morgan fingerprint density at radius 1 is 1.02 bits per heavy atom. The van der Waals surface area contributed by atoms with Gasteiger partial charge in [-0.1, -0.05) is 11.8 Å². The van der Waals surface area contributed by atoms with Crippen molar-refractivity contribution in [1.82, 2.24) is 19.7 Å². The third-order valence-electron chi connectivity index (χ3n) is 6.73. The van der Waals surface area contributed by atoms with E-state index in [0.717, 1.165) is 33.4 Å². The first-order valence-corrected chi connectivity index (χ1v) is 14.5. The van der Waals surface area contributed by atoms with E-state index in [1.165, 1.54) is 4.41 Å². The number of carbonyl (C=O) groups excluding carboxylic acids is 1. The monoisotopic (exact) mass is 577 g/mol. The Hall–Kier alpha value is -3.82. The average Bonchev–Trinajstić information content (AvgIpc) is 2.91. The molecule has 0 radical (unpaired) electrons. The maximum Gasteiger partial charge on any atom is 0.305 e. The molecular formula is C30H35N5O5S. The van der Waals surface area contributed by atoms with E-state index in [4.69, 9.17) is 5.11 Å². The molecule has 1 aromatic heterocycles. The highest BCUT2D eigenvalue weighted by molar-refractivity contribution is 7.76. The van der Waals surface area contributed by atoms with Crippen LogP contribution >= 0.6 is 0 Å². The van der Waals surface area contributed by atoms with Crippen molar-refractivity contribution in [2.24, 2.45) is 0 Å². The van der Waals surface area contributed by atoms with E-state index in [0.29, 0.717) is 31.7 Å². The van der Waals surface area contributed by atoms with Gasteiger partial charge >= 0.3 is 5.97 Å². The number of hydrazine groups is 1. The van der Waals surface area contributed by atoms with Crippen molar-refractivity contribution in [2.45, 2.75) is 46.2 Å². The van der Waals surface area contributed by atoms with Gasteiger partial charge in [0.2, 0.25) is 11.3 Å². The molecule has 0 bridgehead atoms. The van der Waals surface area contributed by atoms with Gasteiger partial charge < -0.3 is 15.3 Å². The van der Waals surface area contributed by atoms with Crippen LogP contribution in [0.3, 0.4) is 0 Å². The van der Waals surface area contributed by atoms with E-state index in [9.17, 15) is 18.4 Å². The van der Waals surface area contributed by atoms with Crippen molar-refractivity contribution in [3.8, 4) is 11.8 Å². The van der Waals surface area contributed by atoms with Crippen LogP contribution < -0.4 is 10.2 Å². The van der Waals surface area contributed by atoms with Crippen LogP contribution in [0.5, 0.6) is 0 Å². The van der Waals surface area contributed by atoms with Gasteiger partial charge in [-0.05, 0) is 76.2 Å². The number of pyridine rings is 1. The maximum atomic E-state index is 12.8. The number of carboxylic acid groups (broad SMARTS) is 1. The first-order valence-electron chi connectivity index (χ1n) is 13.5. The van der Waals surface area contributed by atoms with Crippen LogP contribution in [0.2, 0.25) is 0 Å². The maximum absolute atomic E-state index is 12.8. The molecule has 2 atom stereocenters. The average molecular weight is 578 g/mol. The van der Waals surface area contributed by atoms with Crippen molar-refractivity contribution >= 4 is 39.7 Å². The predicted molar refractivity (Wildman–Crippen MR) is 160 cm³/mol. The fourth-order valence-corrected chi connectivity index (χ4v) is 5.62. The van der Waals surface area contributed by atoms with E-state index in [1.807, 2.05) is 63.2 Å². The minimum absolute atomic E-state index is 0.0223. The first-order chi connectivity index (χ1) is 19.5. The van der Waals surface area contributed by atoms with Gasteiger partial charge in [0, 0.05) is 66.2 Å². The number of benzene rings is 2. The lowest BCUT2D eigenvalue weighted by Gasteiger charge is -2.41. The molecule has 41 heavy (non-hydrogen) atoms. The number of aliphatic carboxylic acids is 1. The summed E-state index contributed by atoms with van der Waals surface area (Å²) >= 11 is -2.30. The van der Waals surface area contributed by atoms with Crippen molar-refractivity contribution in [1.29, 1.82) is 0 Å². The van der Waals surface area contributed by atoms with Gasteiger partial charge in [0.15, 0.2) is 0 Å². The summed E-state index contributed by atoms with van der Waals surface area (Å²) in [6, 6.07) is 14.8. The largest absolute Gasteiger partial charge is 0.481 e. The van der Waals surface area contributed by atoms with E-state index in [2.05, 4.69) is 27.0 Å². The highest BCUT2D eigenvalue weighted by atomic mass is 32.2. The Bertz CT molecular complexity index is 1510. The topological polar surface area (TPSA) is 126 Å². The minimum Gasteiger partial charge on any atom is -0.481 e. The molecule has 4 rings (SSSR count). The molecule has 2 unspecified atom stereocenters. The Balaban J connectivity index is 1.44. The van der Waals surface area contributed by atoms with Crippen molar-refractivity contribution in [3.63, 3.8) is 0 Å². The molecule has 1 aliphatic rings. The number of carboxylic acids is 1. The summed E-state index contributed by atoms with van der Waals surface area (Å²) in [5, 5.41) is 14.5. The highest BCUT2D eigenvalue weighted by Gasteiger charge is 2.30. The number of hydrogen-bond donors (Lipinski definition) is 3. The third kappa shape index (κ3) is 7.68. The van der Waals surface area contributed by atoms with E-state index in [1.54, 1.807) is 18.0 Å².